The van der Waals surface area contributed by atoms with E-state index < -0.39 is 0 Å². The van der Waals surface area contributed by atoms with Crippen LogP contribution in [0.3, 0.4) is 0 Å². The van der Waals surface area contributed by atoms with Gasteiger partial charge in [-0.1, -0.05) is 38.8 Å². The van der Waals surface area contributed by atoms with Crippen LogP contribution in [0.2, 0.25) is 5.02 Å². The second kappa shape index (κ2) is 9.77. The number of hydrogen-bond donors (Lipinski definition) is 0. The van der Waals surface area contributed by atoms with Gasteiger partial charge in [-0.2, -0.15) is 0 Å². The summed E-state index contributed by atoms with van der Waals surface area (Å²) in [5.41, 5.74) is 2.30. The molecule has 1 saturated carbocycles. The van der Waals surface area contributed by atoms with Gasteiger partial charge in [-0.05, 0) is 74.1 Å². The number of fused-ring (bicyclic) bond motifs is 1. The minimum atomic E-state index is -0.102. The zero-order chi connectivity index (χ0) is 22.0. The first-order chi connectivity index (χ1) is 14.9. The van der Waals surface area contributed by atoms with Gasteiger partial charge in [0.2, 0.25) is 0 Å². The molecule has 4 rings (SSSR count). The fraction of sp³-hybridized carbons (Fsp3) is 0.615. The van der Waals surface area contributed by atoms with Crippen molar-refractivity contribution in [2.45, 2.75) is 84.9 Å². The van der Waals surface area contributed by atoms with Gasteiger partial charge in [-0.15, -0.1) is 0 Å². The second-order valence-electron chi connectivity index (χ2n) is 9.88. The van der Waals surface area contributed by atoms with Crippen LogP contribution in [0.4, 0.5) is 0 Å². The number of nitrogens with zero attached hydrogens (tertiary/aromatic N) is 2. The molecule has 0 radical (unpaired) electrons. The maximum Gasteiger partial charge on any atom is 0.348 e. The Labute approximate surface area is 191 Å². The molecule has 2 heterocycles. The van der Waals surface area contributed by atoms with Gasteiger partial charge in [0.15, 0.2) is 12.2 Å². The van der Waals surface area contributed by atoms with E-state index in [4.69, 9.17) is 16.3 Å². The van der Waals surface area contributed by atoms with Crippen molar-refractivity contribution in [3.8, 4) is 11.3 Å². The summed E-state index contributed by atoms with van der Waals surface area (Å²) in [5.74, 6) is 2.77. The predicted molar refractivity (Wildman–Crippen MR) is 124 cm³/mol. The van der Waals surface area contributed by atoms with Crippen LogP contribution in [0.15, 0.2) is 30.5 Å². The molecule has 0 bridgehead atoms. The number of esters is 1. The number of rotatable bonds is 5. The van der Waals surface area contributed by atoms with E-state index in [1.54, 1.807) is 0 Å². The second-order valence-corrected chi connectivity index (χ2v) is 10.3. The van der Waals surface area contributed by atoms with E-state index in [-0.39, 0.29) is 12.1 Å². The third-order valence-corrected chi connectivity index (χ3v) is 7.43. The van der Waals surface area contributed by atoms with Crippen molar-refractivity contribution < 1.29 is 14.1 Å². The van der Waals surface area contributed by atoms with Crippen molar-refractivity contribution in [2.24, 2.45) is 17.8 Å². The molecule has 168 valence electrons. The summed E-state index contributed by atoms with van der Waals surface area (Å²) in [7, 11) is 0. The molecular weight excluding hydrogens is 408 g/mol. The number of ether oxygens (including phenoxy) is 1. The lowest BCUT2D eigenvalue weighted by molar-refractivity contribution is -0.692. The van der Waals surface area contributed by atoms with Gasteiger partial charge in [0.25, 0.3) is 5.82 Å². The first kappa shape index (κ1) is 22.4. The summed E-state index contributed by atoms with van der Waals surface area (Å²) in [6, 6.07) is 8.00. The molecule has 0 amide bonds. The van der Waals surface area contributed by atoms with Crippen LogP contribution in [-0.2, 0) is 29.0 Å². The van der Waals surface area contributed by atoms with E-state index >= 15 is 0 Å². The lowest BCUT2D eigenvalue weighted by Crippen LogP contribution is -2.44. The fourth-order valence-electron chi connectivity index (χ4n) is 5.43. The molecule has 0 unspecified atom stereocenters. The summed E-state index contributed by atoms with van der Waals surface area (Å²) in [5, 5.41) is 0.740. The van der Waals surface area contributed by atoms with E-state index in [0.29, 0.717) is 24.3 Å². The number of hydrogen-bond acceptors (Lipinski definition) is 2. The normalized spacial score (nSPS) is 24.0. The SMILES string of the molecule is CC(C)[C@@H]1CC[C@@H](C)C[C@@H]1OC(=O)C[n+]1cc(-c2ccc(Cl)cc2)n2c1CCCCC2. The van der Waals surface area contributed by atoms with Crippen molar-refractivity contribution in [1.82, 2.24) is 4.57 Å². The highest BCUT2D eigenvalue weighted by Crippen LogP contribution is 2.35. The Bertz CT molecular complexity index is 903. The van der Waals surface area contributed by atoms with Gasteiger partial charge in [0, 0.05) is 17.0 Å². The van der Waals surface area contributed by atoms with Crippen molar-refractivity contribution in [1.29, 1.82) is 0 Å². The predicted octanol–water partition coefficient (Wildman–Crippen LogP) is 5.83. The molecule has 1 aliphatic carbocycles. The average molecular weight is 444 g/mol. The fourth-order valence-corrected chi connectivity index (χ4v) is 5.55. The topological polar surface area (TPSA) is 35.1 Å². The molecule has 2 aliphatic rings. The third kappa shape index (κ3) is 5.16. The summed E-state index contributed by atoms with van der Waals surface area (Å²) in [4.78, 5) is 13.0. The molecule has 4 nitrogen and oxygen atoms in total. The molecular formula is C26H36ClN2O2+. The van der Waals surface area contributed by atoms with Crippen LogP contribution in [0.5, 0.6) is 0 Å². The molecule has 31 heavy (non-hydrogen) atoms. The number of aromatic nitrogens is 2. The van der Waals surface area contributed by atoms with Crippen LogP contribution in [0.25, 0.3) is 11.3 Å². The van der Waals surface area contributed by atoms with E-state index in [1.165, 1.54) is 25.1 Å². The lowest BCUT2D eigenvalue weighted by Gasteiger charge is -2.36. The van der Waals surface area contributed by atoms with E-state index in [1.807, 2.05) is 12.1 Å². The molecule has 3 atom stereocenters. The highest BCUT2D eigenvalue weighted by molar-refractivity contribution is 6.30. The number of benzene rings is 1. The van der Waals surface area contributed by atoms with Gasteiger partial charge in [-0.25, -0.2) is 13.9 Å². The van der Waals surface area contributed by atoms with E-state index in [0.717, 1.165) is 48.5 Å². The monoisotopic (exact) mass is 443 g/mol. The van der Waals surface area contributed by atoms with Crippen LogP contribution >= 0.6 is 11.6 Å². The van der Waals surface area contributed by atoms with E-state index in [2.05, 4.69) is 48.2 Å². The first-order valence-electron chi connectivity index (χ1n) is 12.0. The zero-order valence-electron chi connectivity index (χ0n) is 19.1. The maximum atomic E-state index is 13.0. The van der Waals surface area contributed by atoms with Crippen molar-refractivity contribution in [3.63, 3.8) is 0 Å². The van der Waals surface area contributed by atoms with Gasteiger partial charge < -0.3 is 4.74 Å². The van der Waals surface area contributed by atoms with E-state index in [9.17, 15) is 4.79 Å². The molecule has 1 aromatic heterocycles. The minimum absolute atomic E-state index is 0.0498. The molecule has 1 fully saturated rings. The Hall–Kier alpha value is -1.81. The third-order valence-electron chi connectivity index (χ3n) is 7.18. The number of imidazole rings is 1. The highest BCUT2D eigenvalue weighted by Gasteiger charge is 2.34. The van der Waals surface area contributed by atoms with Gasteiger partial charge in [0.1, 0.15) is 12.3 Å². The average Bonchev–Trinajstić information content (AvgIpc) is 2.89. The Kier molecular flexibility index (Phi) is 7.05. The first-order valence-corrected chi connectivity index (χ1v) is 12.4. The Balaban J connectivity index is 1.56. The van der Waals surface area contributed by atoms with Gasteiger partial charge in [0.05, 0.1) is 6.54 Å². The van der Waals surface area contributed by atoms with Crippen molar-refractivity contribution >= 4 is 17.6 Å². The summed E-state index contributed by atoms with van der Waals surface area (Å²) in [6.45, 7) is 8.06. The number of carbonyl (C=O) groups excluding carboxylic acids is 1. The molecule has 2 aromatic rings. The molecule has 1 aliphatic heterocycles. The van der Waals surface area contributed by atoms with Crippen LogP contribution < -0.4 is 4.57 Å². The largest absolute Gasteiger partial charge is 0.459 e. The molecule has 0 saturated heterocycles. The van der Waals surface area contributed by atoms with Crippen molar-refractivity contribution in [3.05, 3.63) is 41.3 Å². The summed E-state index contributed by atoms with van der Waals surface area (Å²) < 4.78 is 10.6. The Morgan fingerprint density at radius 3 is 2.71 bits per heavy atom. The smallest absolute Gasteiger partial charge is 0.348 e. The molecule has 1 aromatic carbocycles. The van der Waals surface area contributed by atoms with Crippen LogP contribution in [0, 0.1) is 17.8 Å². The van der Waals surface area contributed by atoms with Gasteiger partial charge >= 0.3 is 5.97 Å². The van der Waals surface area contributed by atoms with Gasteiger partial charge in [-0.3, -0.25) is 0 Å². The standard InChI is InChI=1S/C26H36ClN2O2/c1-18(2)22-13-8-19(3)15-24(22)31-26(30)17-28-16-23(20-9-11-21(27)12-10-20)29-14-6-4-5-7-25(28)29/h9-12,16,18-19,22,24H,4-8,13-15,17H2,1-3H3/q+1/t19-,22+,24+/m1/s1. The Morgan fingerprint density at radius 1 is 1.19 bits per heavy atom. The number of halogens is 1. The zero-order valence-corrected chi connectivity index (χ0v) is 19.9. The van der Waals surface area contributed by atoms with Crippen LogP contribution in [-0.4, -0.2) is 16.6 Å². The summed E-state index contributed by atoms with van der Waals surface area (Å²) >= 11 is 6.11. The highest BCUT2D eigenvalue weighted by atomic mass is 35.5. The Morgan fingerprint density at radius 2 is 1.97 bits per heavy atom. The number of carbonyl (C=O) groups is 1. The molecule has 5 heteroatoms. The molecule has 0 N–H and O–H groups in total. The minimum Gasteiger partial charge on any atom is -0.459 e. The summed E-state index contributed by atoms with van der Waals surface area (Å²) in [6.07, 6.45) is 10.1. The van der Waals surface area contributed by atoms with Crippen LogP contribution in [0.1, 0.15) is 65.1 Å². The lowest BCUT2D eigenvalue weighted by atomic mass is 9.75. The maximum absolute atomic E-state index is 13.0. The quantitative estimate of drug-likeness (QED) is 0.430. The van der Waals surface area contributed by atoms with Crippen molar-refractivity contribution in [2.75, 3.05) is 0 Å². The molecule has 0 spiro atoms.